The number of carbonyl (C=O) groups excluding carboxylic acids is 1. The van der Waals surface area contributed by atoms with E-state index in [0.717, 1.165) is 0 Å². The van der Waals surface area contributed by atoms with Crippen LogP contribution >= 0.6 is 0 Å². The quantitative estimate of drug-likeness (QED) is 0.802. The molecule has 1 aromatic rings. The molecular formula is C10H15N3O3. The molecule has 1 unspecified atom stereocenters. The number of nitrogens with zero attached hydrogens (tertiary/aromatic N) is 3. The zero-order chi connectivity index (χ0) is 12.3. The Morgan fingerprint density at radius 1 is 1.62 bits per heavy atom. The van der Waals surface area contributed by atoms with Gasteiger partial charge in [0.2, 0.25) is 0 Å². The summed E-state index contributed by atoms with van der Waals surface area (Å²) in [6, 6.07) is 0.760. The van der Waals surface area contributed by atoms with Crippen molar-refractivity contribution >= 4 is 11.9 Å². The molecule has 0 aromatic carbocycles. The number of rotatable bonds is 4. The monoisotopic (exact) mass is 225 g/mol. The van der Waals surface area contributed by atoms with Crippen LogP contribution in [0.15, 0.2) is 12.3 Å². The van der Waals surface area contributed by atoms with E-state index in [2.05, 4.69) is 5.10 Å². The van der Waals surface area contributed by atoms with Crippen molar-refractivity contribution in [2.45, 2.75) is 19.4 Å². The molecule has 1 amide bonds. The number of carboxylic acids is 1. The topological polar surface area (TPSA) is 75.4 Å². The summed E-state index contributed by atoms with van der Waals surface area (Å²) in [4.78, 5) is 24.1. The van der Waals surface area contributed by atoms with Gasteiger partial charge in [0.05, 0.1) is 0 Å². The highest BCUT2D eigenvalue weighted by molar-refractivity contribution is 5.94. The molecule has 1 aromatic heterocycles. The zero-order valence-corrected chi connectivity index (χ0v) is 9.54. The van der Waals surface area contributed by atoms with Gasteiger partial charge < -0.3 is 10.0 Å². The molecule has 1 rings (SSSR count). The molecule has 0 saturated carbocycles. The number of likely N-dealkylation sites (N-methyl/N-ethyl adjacent to an activating group) is 1. The van der Waals surface area contributed by atoms with E-state index >= 15 is 0 Å². The Kier molecular flexibility index (Phi) is 3.65. The lowest BCUT2D eigenvalue weighted by atomic mass is 10.2. The molecule has 0 radical (unpaired) electrons. The minimum absolute atomic E-state index is 0.339. The predicted molar refractivity (Wildman–Crippen MR) is 57.0 cm³/mol. The van der Waals surface area contributed by atoms with Gasteiger partial charge in [-0.1, -0.05) is 6.92 Å². The summed E-state index contributed by atoms with van der Waals surface area (Å²) in [6.07, 6.45) is 1.87. The molecule has 88 valence electrons. The van der Waals surface area contributed by atoms with Crippen molar-refractivity contribution in [3.63, 3.8) is 0 Å². The Hall–Kier alpha value is -1.85. The van der Waals surface area contributed by atoms with E-state index in [-0.39, 0.29) is 5.91 Å². The number of hydrogen-bond acceptors (Lipinski definition) is 3. The molecule has 0 aliphatic heterocycles. The molecule has 6 heteroatoms. The second-order valence-electron chi connectivity index (χ2n) is 3.52. The molecule has 6 nitrogen and oxygen atoms in total. The van der Waals surface area contributed by atoms with Gasteiger partial charge >= 0.3 is 5.97 Å². The highest BCUT2D eigenvalue weighted by atomic mass is 16.4. The van der Waals surface area contributed by atoms with Gasteiger partial charge in [0.25, 0.3) is 5.91 Å². The first-order valence-corrected chi connectivity index (χ1v) is 4.97. The van der Waals surface area contributed by atoms with Crippen LogP contribution in [0.2, 0.25) is 0 Å². The van der Waals surface area contributed by atoms with E-state index in [1.54, 1.807) is 20.0 Å². The predicted octanol–water partition coefficient (Wildman–Crippen LogP) is 0.355. The smallest absolute Gasteiger partial charge is 0.326 e. The summed E-state index contributed by atoms with van der Waals surface area (Å²) in [7, 11) is 3.13. The number of aryl methyl sites for hydroxylation is 1. The van der Waals surface area contributed by atoms with Crippen LogP contribution in [0, 0.1) is 0 Å². The maximum absolute atomic E-state index is 11.9. The standard InChI is InChI=1S/C10H15N3O3/c1-4-7(10(15)16)12(2)9(14)8-5-6-11-13(8)3/h5-7H,4H2,1-3H3,(H,15,16). The minimum atomic E-state index is -1.000. The number of hydrogen-bond donors (Lipinski definition) is 1. The lowest BCUT2D eigenvalue weighted by Crippen LogP contribution is -2.42. The van der Waals surface area contributed by atoms with Gasteiger partial charge in [-0.15, -0.1) is 0 Å². The SMILES string of the molecule is CCC(C(=O)O)N(C)C(=O)c1ccnn1C. The summed E-state index contributed by atoms with van der Waals surface area (Å²) in [5, 5.41) is 12.8. The Bertz CT molecular complexity index is 400. The van der Waals surface area contributed by atoms with Crippen LogP contribution in [-0.2, 0) is 11.8 Å². The average molecular weight is 225 g/mol. The molecule has 0 fully saturated rings. The summed E-state index contributed by atoms with van der Waals surface area (Å²) in [5.41, 5.74) is 0.377. The van der Waals surface area contributed by atoms with Gasteiger partial charge in [-0.25, -0.2) is 4.79 Å². The molecular weight excluding hydrogens is 210 g/mol. The third kappa shape index (κ3) is 2.21. The largest absolute Gasteiger partial charge is 0.480 e. The lowest BCUT2D eigenvalue weighted by molar-refractivity contribution is -0.142. The Morgan fingerprint density at radius 3 is 2.62 bits per heavy atom. The molecule has 1 N–H and O–H groups in total. The number of carboxylic acid groups (broad SMARTS) is 1. The molecule has 0 aliphatic carbocycles. The van der Waals surface area contributed by atoms with E-state index in [1.807, 2.05) is 0 Å². The summed E-state index contributed by atoms with van der Waals surface area (Å²) in [6.45, 7) is 1.73. The Labute approximate surface area is 93.5 Å². The molecule has 0 saturated heterocycles. The molecule has 0 aliphatic rings. The fourth-order valence-electron chi connectivity index (χ4n) is 1.52. The summed E-state index contributed by atoms with van der Waals surface area (Å²) in [5.74, 6) is -1.34. The minimum Gasteiger partial charge on any atom is -0.480 e. The third-order valence-electron chi connectivity index (χ3n) is 2.50. The molecule has 0 spiro atoms. The van der Waals surface area contributed by atoms with Crippen LogP contribution in [0.25, 0.3) is 0 Å². The second kappa shape index (κ2) is 4.78. The maximum Gasteiger partial charge on any atom is 0.326 e. The summed E-state index contributed by atoms with van der Waals surface area (Å²) >= 11 is 0. The molecule has 1 heterocycles. The van der Waals surface area contributed by atoms with E-state index in [9.17, 15) is 9.59 Å². The highest BCUT2D eigenvalue weighted by Gasteiger charge is 2.26. The fraction of sp³-hybridized carbons (Fsp3) is 0.500. The van der Waals surface area contributed by atoms with Gasteiger partial charge in [-0.2, -0.15) is 5.10 Å². The highest BCUT2D eigenvalue weighted by Crippen LogP contribution is 2.08. The van der Waals surface area contributed by atoms with Crippen molar-refractivity contribution in [1.82, 2.24) is 14.7 Å². The second-order valence-corrected chi connectivity index (χ2v) is 3.52. The lowest BCUT2D eigenvalue weighted by Gasteiger charge is -2.23. The van der Waals surface area contributed by atoms with Crippen molar-refractivity contribution in [2.24, 2.45) is 7.05 Å². The maximum atomic E-state index is 11.9. The number of amides is 1. The van der Waals surface area contributed by atoms with Gasteiger partial charge in [0, 0.05) is 20.3 Å². The van der Waals surface area contributed by atoms with Gasteiger partial charge in [-0.05, 0) is 12.5 Å². The van der Waals surface area contributed by atoms with Crippen molar-refractivity contribution in [3.05, 3.63) is 18.0 Å². The number of aromatic nitrogens is 2. The van der Waals surface area contributed by atoms with Crippen molar-refractivity contribution in [2.75, 3.05) is 7.05 Å². The van der Waals surface area contributed by atoms with E-state index in [4.69, 9.17) is 5.11 Å². The first-order chi connectivity index (χ1) is 7.49. The Balaban J connectivity index is 2.90. The number of aliphatic carboxylic acids is 1. The van der Waals surface area contributed by atoms with Crippen LogP contribution < -0.4 is 0 Å². The normalized spacial score (nSPS) is 12.2. The Morgan fingerprint density at radius 2 is 2.25 bits per heavy atom. The van der Waals surface area contributed by atoms with E-state index in [1.165, 1.54) is 22.8 Å². The fourth-order valence-corrected chi connectivity index (χ4v) is 1.52. The first kappa shape index (κ1) is 12.2. The van der Waals surface area contributed by atoms with Crippen LogP contribution in [0.1, 0.15) is 23.8 Å². The average Bonchev–Trinajstić information content (AvgIpc) is 2.63. The first-order valence-electron chi connectivity index (χ1n) is 4.97. The van der Waals surface area contributed by atoms with Crippen molar-refractivity contribution < 1.29 is 14.7 Å². The van der Waals surface area contributed by atoms with Crippen LogP contribution in [0.5, 0.6) is 0 Å². The molecule has 16 heavy (non-hydrogen) atoms. The van der Waals surface area contributed by atoms with Crippen LogP contribution in [0.4, 0.5) is 0 Å². The van der Waals surface area contributed by atoms with Gasteiger partial charge in [0.1, 0.15) is 11.7 Å². The van der Waals surface area contributed by atoms with Gasteiger partial charge in [-0.3, -0.25) is 9.48 Å². The van der Waals surface area contributed by atoms with E-state index in [0.29, 0.717) is 12.1 Å². The molecule has 0 bridgehead atoms. The van der Waals surface area contributed by atoms with Crippen molar-refractivity contribution in [3.8, 4) is 0 Å². The van der Waals surface area contributed by atoms with Gasteiger partial charge in [0.15, 0.2) is 0 Å². The summed E-state index contributed by atoms with van der Waals surface area (Å²) < 4.78 is 1.42. The third-order valence-corrected chi connectivity index (χ3v) is 2.50. The van der Waals surface area contributed by atoms with Crippen molar-refractivity contribution in [1.29, 1.82) is 0 Å². The van der Waals surface area contributed by atoms with E-state index < -0.39 is 12.0 Å². The number of carbonyl (C=O) groups is 2. The van der Waals surface area contributed by atoms with Crippen LogP contribution in [0.3, 0.4) is 0 Å². The zero-order valence-electron chi connectivity index (χ0n) is 9.54. The van der Waals surface area contributed by atoms with Crippen LogP contribution in [-0.4, -0.2) is 44.8 Å². The molecule has 1 atom stereocenters.